The van der Waals surface area contributed by atoms with Crippen molar-refractivity contribution in [3.05, 3.63) is 0 Å². The molecule has 0 aromatic carbocycles. The van der Waals surface area contributed by atoms with Crippen LogP contribution in [0.5, 0.6) is 0 Å². The van der Waals surface area contributed by atoms with Crippen LogP contribution >= 0.6 is 0 Å². The van der Waals surface area contributed by atoms with E-state index in [1.807, 2.05) is 0 Å². The van der Waals surface area contributed by atoms with Gasteiger partial charge in [0.15, 0.2) is 5.72 Å². The van der Waals surface area contributed by atoms with Crippen LogP contribution in [0.4, 0.5) is 0 Å². The first kappa shape index (κ1) is 6.55. The summed E-state index contributed by atoms with van der Waals surface area (Å²) < 4.78 is 4.81. The van der Waals surface area contributed by atoms with E-state index in [0.717, 1.165) is 19.3 Å². The summed E-state index contributed by atoms with van der Waals surface area (Å²) in [5.74, 6) is -0.280. The van der Waals surface area contributed by atoms with Crippen molar-refractivity contribution in [2.45, 2.75) is 31.9 Å². The summed E-state index contributed by atoms with van der Waals surface area (Å²) >= 11 is 0. The smallest absolute Gasteiger partial charge is 0.304 e. The molecule has 0 spiro atoms. The lowest BCUT2D eigenvalue weighted by Gasteiger charge is -2.36. The zero-order chi connectivity index (χ0) is 6.91. The molecule has 0 aromatic heterocycles. The average Bonchev–Trinajstić information content (AvgIpc) is 1.60. The minimum atomic E-state index is -0.605. The second-order valence-corrected chi connectivity index (χ2v) is 2.51. The van der Waals surface area contributed by atoms with Crippen LogP contribution in [0.25, 0.3) is 0 Å². The predicted octanol–water partition coefficient (Wildman–Crippen LogP) is 0.388. The van der Waals surface area contributed by atoms with Crippen molar-refractivity contribution >= 4 is 5.97 Å². The summed E-state index contributed by atoms with van der Waals surface area (Å²) in [6.45, 7) is 1.38. The van der Waals surface area contributed by atoms with E-state index in [0.29, 0.717) is 0 Å². The van der Waals surface area contributed by atoms with Crippen molar-refractivity contribution in [3.63, 3.8) is 0 Å². The molecule has 0 heterocycles. The Kier molecular flexibility index (Phi) is 1.45. The Bertz CT molecular complexity index is 129. The fourth-order valence-corrected chi connectivity index (χ4v) is 0.914. The van der Waals surface area contributed by atoms with Crippen LogP contribution in [0.15, 0.2) is 0 Å². The number of hydrogen-bond donors (Lipinski definition) is 1. The highest BCUT2D eigenvalue weighted by molar-refractivity contribution is 5.66. The fourth-order valence-electron chi connectivity index (χ4n) is 0.914. The van der Waals surface area contributed by atoms with E-state index in [4.69, 9.17) is 10.5 Å². The molecule has 0 atom stereocenters. The SMILES string of the molecule is CC(=O)OC1(N)CCC1. The minimum absolute atomic E-state index is 0.280. The Morgan fingerprint density at radius 2 is 2.22 bits per heavy atom. The van der Waals surface area contributed by atoms with Crippen LogP contribution < -0.4 is 5.73 Å². The minimum Gasteiger partial charge on any atom is -0.444 e. The van der Waals surface area contributed by atoms with Gasteiger partial charge in [-0.15, -0.1) is 0 Å². The van der Waals surface area contributed by atoms with Gasteiger partial charge >= 0.3 is 5.97 Å². The van der Waals surface area contributed by atoms with Gasteiger partial charge in [-0.1, -0.05) is 0 Å². The monoisotopic (exact) mass is 129 g/mol. The Hall–Kier alpha value is -0.570. The highest BCUT2D eigenvalue weighted by Gasteiger charge is 2.35. The molecule has 0 amide bonds. The largest absolute Gasteiger partial charge is 0.444 e. The van der Waals surface area contributed by atoms with Gasteiger partial charge < -0.3 is 4.74 Å². The zero-order valence-corrected chi connectivity index (χ0v) is 5.52. The second kappa shape index (κ2) is 1.99. The van der Waals surface area contributed by atoms with Gasteiger partial charge in [0, 0.05) is 19.8 Å². The molecule has 1 aliphatic rings. The molecule has 2 N–H and O–H groups in total. The summed E-state index contributed by atoms with van der Waals surface area (Å²) in [7, 11) is 0. The zero-order valence-electron chi connectivity index (χ0n) is 5.52. The van der Waals surface area contributed by atoms with E-state index < -0.39 is 5.72 Å². The summed E-state index contributed by atoms with van der Waals surface area (Å²) in [5.41, 5.74) is 4.96. The van der Waals surface area contributed by atoms with E-state index >= 15 is 0 Å². The van der Waals surface area contributed by atoms with Crippen LogP contribution in [0.2, 0.25) is 0 Å². The van der Waals surface area contributed by atoms with E-state index in [1.54, 1.807) is 0 Å². The molecule has 0 saturated heterocycles. The van der Waals surface area contributed by atoms with Gasteiger partial charge in [-0.2, -0.15) is 0 Å². The van der Waals surface area contributed by atoms with Gasteiger partial charge in [-0.25, -0.2) is 0 Å². The molecular weight excluding hydrogens is 118 g/mol. The molecule has 0 unspecified atom stereocenters. The lowest BCUT2D eigenvalue weighted by molar-refractivity contribution is -0.165. The molecule has 0 radical (unpaired) electrons. The maximum Gasteiger partial charge on any atom is 0.304 e. The second-order valence-electron chi connectivity index (χ2n) is 2.51. The molecule has 3 heteroatoms. The van der Waals surface area contributed by atoms with Crippen LogP contribution in [0.1, 0.15) is 26.2 Å². The summed E-state index contributed by atoms with van der Waals surface area (Å²) in [4.78, 5) is 10.3. The fraction of sp³-hybridized carbons (Fsp3) is 0.833. The predicted molar refractivity (Wildman–Crippen MR) is 32.5 cm³/mol. The molecule has 52 valence electrons. The Morgan fingerprint density at radius 3 is 2.33 bits per heavy atom. The lowest BCUT2D eigenvalue weighted by Crippen LogP contribution is -2.49. The van der Waals surface area contributed by atoms with Crippen molar-refractivity contribution < 1.29 is 9.53 Å². The highest BCUT2D eigenvalue weighted by Crippen LogP contribution is 2.29. The first-order valence-corrected chi connectivity index (χ1v) is 3.11. The average molecular weight is 129 g/mol. The standard InChI is InChI=1S/C6H11NO2/c1-5(8)9-6(7)3-2-4-6/h2-4,7H2,1H3. The third-order valence-electron chi connectivity index (χ3n) is 1.55. The van der Waals surface area contributed by atoms with Crippen LogP contribution in [0, 0.1) is 0 Å². The molecular formula is C6H11NO2. The number of carbonyl (C=O) groups is 1. The molecule has 1 saturated carbocycles. The van der Waals surface area contributed by atoms with Crippen LogP contribution in [0.3, 0.4) is 0 Å². The number of esters is 1. The maximum atomic E-state index is 10.3. The molecule has 0 aromatic rings. The van der Waals surface area contributed by atoms with Gasteiger partial charge in [0.2, 0.25) is 0 Å². The lowest BCUT2D eigenvalue weighted by atomic mass is 9.89. The molecule has 0 aliphatic heterocycles. The number of carbonyl (C=O) groups excluding carboxylic acids is 1. The maximum absolute atomic E-state index is 10.3. The summed E-state index contributed by atoms with van der Waals surface area (Å²) in [5, 5.41) is 0. The number of hydrogen-bond acceptors (Lipinski definition) is 3. The molecule has 1 fully saturated rings. The van der Waals surface area contributed by atoms with Gasteiger partial charge in [0.1, 0.15) is 0 Å². The third-order valence-corrected chi connectivity index (χ3v) is 1.55. The molecule has 1 rings (SSSR count). The first-order valence-electron chi connectivity index (χ1n) is 3.11. The molecule has 9 heavy (non-hydrogen) atoms. The molecule has 0 bridgehead atoms. The van der Waals surface area contributed by atoms with Crippen molar-refractivity contribution in [3.8, 4) is 0 Å². The van der Waals surface area contributed by atoms with E-state index in [2.05, 4.69) is 0 Å². The van der Waals surface area contributed by atoms with Gasteiger partial charge in [-0.3, -0.25) is 10.5 Å². The van der Waals surface area contributed by atoms with Gasteiger partial charge in [0.25, 0.3) is 0 Å². The summed E-state index contributed by atoms with van der Waals surface area (Å²) in [6, 6.07) is 0. The number of nitrogens with two attached hydrogens (primary N) is 1. The van der Waals surface area contributed by atoms with Crippen LogP contribution in [-0.2, 0) is 9.53 Å². The number of rotatable bonds is 1. The molecule has 1 aliphatic carbocycles. The quantitative estimate of drug-likeness (QED) is 0.411. The summed E-state index contributed by atoms with van der Waals surface area (Å²) in [6.07, 6.45) is 2.70. The van der Waals surface area contributed by atoms with E-state index in [9.17, 15) is 4.79 Å². The number of ether oxygens (including phenoxy) is 1. The van der Waals surface area contributed by atoms with Gasteiger partial charge in [0.05, 0.1) is 0 Å². The van der Waals surface area contributed by atoms with E-state index in [1.165, 1.54) is 6.92 Å². The van der Waals surface area contributed by atoms with Gasteiger partial charge in [-0.05, 0) is 6.42 Å². The highest BCUT2D eigenvalue weighted by atomic mass is 16.6. The Labute approximate surface area is 54.2 Å². The van der Waals surface area contributed by atoms with Crippen molar-refractivity contribution in [2.75, 3.05) is 0 Å². The third kappa shape index (κ3) is 1.42. The van der Waals surface area contributed by atoms with Crippen molar-refractivity contribution in [1.29, 1.82) is 0 Å². The van der Waals surface area contributed by atoms with E-state index in [-0.39, 0.29) is 5.97 Å². The topological polar surface area (TPSA) is 52.3 Å². The van der Waals surface area contributed by atoms with Crippen molar-refractivity contribution in [2.24, 2.45) is 5.73 Å². The Morgan fingerprint density at radius 1 is 1.67 bits per heavy atom. The van der Waals surface area contributed by atoms with Crippen LogP contribution in [-0.4, -0.2) is 11.7 Å². The first-order chi connectivity index (χ1) is 4.12. The Balaban J connectivity index is 2.33. The molecule has 3 nitrogen and oxygen atoms in total. The van der Waals surface area contributed by atoms with Crippen molar-refractivity contribution in [1.82, 2.24) is 0 Å². The normalized spacial score (nSPS) is 22.4.